The van der Waals surface area contributed by atoms with Crippen molar-refractivity contribution in [1.82, 2.24) is 28.9 Å². The van der Waals surface area contributed by atoms with Crippen LogP contribution in [-0.4, -0.2) is 34.9 Å². The van der Waals surface area contributed by atoms with Gasteiger partial charge in [-0.25, -0.2) is 9.48 Å². The van der Waals surface area contributed by atoms with Gasteiger partial charge in [-0.3, -0.25) is 13.8 Å². The fraction of sp³-hybridized carbons (Fsp3) is 0.190. The van der Waals surface area contributed by atoms with Crippen molar-refractivity contribution in [3.63, 3.8) is 0 Å². The summed E-state index contributed by atoms with van der Waals surface area (Å²) < 4.78 is 11.1. The average Bonchev–Trinajstić information content (AvgIpc) is 3.48. The third kappa shape index (κ3) is 2.95. The predicted octanol–water partition coefficient (Wildman–Crippen LogP) is 2.80. The van der Waals surface area contributed by atoms with Crippen LogP contribution in [0.1, 0.15) is 27.6 Å². The Labute approximate surface area is 180 Å². The number of carbonyl (C=O) groups is 1. The molecule has 0 unspecified atom stereocenters. The molecular formula is C21H18N6O3S. The largest absolute Gasteiger partial charge is 0.454 e. The van der Waals surface area contributed by atoms with E-state index in [2.05, 4.69) is 15.3 Å². The smallest absolute Gasteiger partial charge is 0.342 e. The summed E-state index contributed by atoms with van der Waals surface area (Å²) in [6.45, 7) is 3.53. The molecule has 4 heterocycles. The highest BCUT2D eigenvalue weighted by molar-refractivity contribution is 7.17. The predicted molar refractivity (Wildman–Crippen MR) is 116 cm³/mol. The van der Waals surface area contributed by atoms with E-state index in [1.165, 1.54) is 15.9 Å². The zero-order valence-electron chi connectivity index (χ0n) is 17.1. The normalized spacial score (nSPS) is 11.5. The number of fused-ring (bicyclic) bond motifs is 3. The molecule has 0 radical (unpaired) electrons. The summed E-state index contributed by atoms with van der Waals surface area (Å²) in [5.41, 5.74) is 3.14. The van der Waals surface area contributed by atoms with Gasteiger partial charge in [-0.2, -0.15) is 5.10 Å². The number of aryl methyl sites for hydroxylation is 2. The van der Waals surface area contributed by atoms with E-state index in [4.69, 9.17) is 4.74 Å². The fourth-order valence-corrected chi connectivity index (χ4v) is 4.56. The van der Waals surface area contributed by atoms with Crippen molar-refractivity contribution in [3.05, 3.63) is 74.9 Å². The summed E-state index contributed by atoms with van der Waals surface area (Å²) in [4.78, 5) is 25.4. The molecule has 0 aliphatic heterocycles. The van der Waals surface area contributed by atoms with Crippen molar-refractivity contribution in [1.29, 1.82) is 0 Å². The molecule has 5 aromatic rings. The maximum Gasteiger partial charge on any atom is 0.342 e. The summed E-state index contributed by atoms with van der Waals surface area (Å²) in [5, 5.41) is 14.6. The van der Waals surface area contributed by atoms with E-state index in [-0.39, 0.29) is 12.2 Å². The SMILES string of the molecule is Cc1nn(-c2ccccc2)c(C)c1C(=O)OCc1nnc2n(C)c(=O)c3sccc3n12. The lowest BCUT2D eigenvalue weighted by Gasteiger charge is -2.07. The molecule has 5 rings (SSSR count). The molecule has 0 saturated carbocycles. The molecule has 0 aliphatic rings. The minimum atomic E-state index is -0.486. The highest BCUT2D eigenvalue weighted by Crippen LogP contribution is 2.21. The van der Waals surface area contributed by atoms with Crippen LogP contribution < -0.4 is 5.56 Å². The van der Waals surface area contributed by atoms with E-state index in [1.54, 1.807) is 23.1 Å². The van der Waals surface area contributed by atoms with Crippen molar-refractivity contribution >= 4 is 33.3 Å². The van der Waals surface area contributed by atoms with Gasteiger partial charge in [0.05, 0.1) is 22.6 Å². The van der Waals surface area contributed by atoms with Gasteiger partial charge in [-0.05, 0) is 37.4 Å². The number of carbonyl (C=O) groups excluding carboxylic acids is 1. The van der Waals surface area contributed by atoms with Gasteiger partial charge < -0.3 is 4.74 Å². The number of nitrogens with zero attached hydrogens (tertiary/aromatic N) is 6. The van der Waals surface area contributed by atoms with Crippen LogP contribution in [0.3, 0.4) is 0 Å². The number of hydrogen-bond acceptors (Lipinski definition) is 7. The molecule has 0 saturated heterocycles. The molecule has 0 bridgehead atoms. The second-order valence-corrected chi connectivity index (χ2v) is 8.04. The minimum Gasteiger partial charge on any atom is -0.454 e. The maximum absolute atomic E-state index is 12.9. The van der Waals surface area contributed by atoms with Crippen LogP contribution in [0.2, 0.25) is 0 Å². The fourth-order valence-electron chi connectivity index (χ4n) is 3.71. The van der Waals surface area contributed by atoms with E-state index >= 15 is 0 Å². The van der Waals surface area contributed by atoms with Gasteiger partial charge in [0.2, 0.25) is 5.78 Å². The topological polar surface area (TPSA) is 96.3 Å². The second kappa shape index (κ2) is 7.17. The Bertz CT molecular complexity index is 1510. The molecule has 156 valence electrons. The Morgan fingerprint density at radius 3 is 2.68 bits per heavy atom. The highest BCUT2D eigenvalue weighted by atomic mass is 32.1. The third-order valence-electron chi connectivity index (χ3n) is 5.23. The minimum absolute atomic E-state index is 0.0848. The standard InChI is InChI=1S/C21H18N6O3S/c1-12-17(13(2)27(24-12)14-7-5-4-6-8-14)20(29)30-11-16-22-23-21-25(3)19(28)18-15(26(16)21)9-10-31-18/h4-10H,11H2,1-3H3. The molecule has 0 aliphatic carbocycles. The summed E-state index contributed by atoms with van der Waals surface area (Å²) in [6, 6.07) is 11.4. The van der Waals surface area contributed by atoms with Gasteiger partial charge in [0, 0.05) is 7.05 Å². The first kappa shape index (κ1) is 19.2. The Balaban J connectivity index is 1.48. The van der Waals surface area contributed by atoms with E-state index in [0.717, 1.165) is 5.69 Å². The number of hydrogen-bond donors (Lipinski definition) is 0. The molecule has 10 heteroatoms. The van der Waals surface area contributed by atoms with Gasteiger partial charge >= 0.3 is 5.97 Å². The number of aromatic nitrogens is 6. The Morgan fingerprint density at radius 1 is 1.13 bits per heavy atom. The number of esters is 1. The molecule has 0 fully saturated rings. The first-order chi connectivity index (χ1) is 15.0. The maximum atomic E-state index is 12.9. The van der Waals surface area contributed by atoms with Crippen LogP contribution in [0.4, 0.5) is 0 Å². The number of benzene rings is 1. The highest BCUT2D eigenvalue weighted by Gasteiger charge is 2.22. The zero-order chi connectivity index (χ0) is 21.7. The third-order valence-corrected chi connectivity index (χ3v) is 6.12. The van der Waals surface area contributed by atoms with Gasteiger partial charge in [-0.1, -0.05) is 18.2 Å². The van der Waals surface area contributed by atoms with E-state index in [0.29, 0.717) is 38.8 Å². The van der Waals surface area contributed by atoms with Crippen LogP contribution in [0.25, 0.3) is 21.7 Å². The van der Waals surface area contributed by atoms with E-state index in [1.807, 2.05) is 48.7 Å². The van der Waals surface area contributed by atoms with Crippen LogP contribution in [0, 0.1) is 13.8 Å². The first-order valence-corrected chi connectivity index (χ1v) is 10.4. The molecular weight excluding hydrogens is 416 g/mol. The zero-order valence-corrected chi connectivity index (χ0v) is 17.9. The van der Waals surface area contributed by atoms with Crippen LogP contribution in [0.15, 0.2) is 46.6 Å². The lowest BCUT2D eigenvalue weighted by atomic mass is 10.2. The van der Waals surface area contributed by atoms with Crippen molar-refractivity contribution in [2.75, 3.05) is 0 Å². The quantitative estimate of drug-likeness (QED) is 0.404. The van der Waals surface area contributed by atoms with Gasteiger partial charge in [-0.15, -0.1) is 21.5 Å². The van der Waals surface area contributed by atoms with Gasteiger partial charge in [0.25, 0.3) is 5.56 Å². The number of thiophene rings is 1. The first-order valence-electron chi connectivity index (χ1n) is 9.56. The van der Waals surface area contributed by atoms with Crippen LogP contribution in [0.5, 0.6) is 0 Å². The summed E-state index contributed by atoms with van der Waals surface area (Å²) in [6.07, 6.45) is 0. The average molecular weight is 434 g/mol. The van der Waals surface area contributed by atoms with Crippen molar-refractivity contribution < 1.29 is 9.53 Å². The van der Waals surface area contributed by atoms with Crippen molar-refractivity contribution in [2.24, 2.45) is 7.05 Å². The molecule has 0 atom stereocenters. The van der Waals surface area contributed by atoms with Crippen molar-refractivity contribution in [3.8, 4) is 5.69 Å². The van der Waals surface area contributed by atoms with E-state index < -0.39 is 5.97 Å². The summed E-state index contributed by atoms with van der Waals surface area (Å²) in [7, 11) is 1.64. The van der Waals surface area contributed by atoms with E-state index in [9.17, 15) is 9.59 Å². The number of para-hydroxylation sites is 1. The Hall–Kier alpha value is -3.79. The lowest BCUT2D eigenvalue weighted by Crippen LogP contribution is -2.19. The molecule has 0 amide bonds. The lowest BCUT2D eigenvalue weighted by molar-refractivity contribution is 0.0459. The van der Waals surface area contributed by atoms with Gasteiger partial charge in [0.15, 0.2) is 12.4 Å². The van der Waals surface area contributed by atoms with Crippen molar-refractivity contribution in [2.45, 2.75) is 20.5 Å². The molecule has 4 aromatic heterocycles. The summed E-state index contributed by atoms with van der Waals surface area (Å²) >= 11 is 1.35. The molecule has 31 heavy (non-hydrogen) atoms. The molecule has 0 spiro atoms. The number of rotatable bonds is 4. The van der Waals surface area contributed by atoms with Crippen LogP contribution >= 0.6 is 11.3 Å². The number of ether oxygens (including phenoxy) is 1. The van der Waals surface area contributed by atoms with Crippen LogP contribution in [-0.2, 0) is 18.4 Å². The summed E-state index contributed by atoms with van der Waals surface area (Å²) in [5.74, 6) is 0.347. The van der Waals surface area contributed by atoms with Gasteiger partial charge in [0.1, 0.15) is 10.3 Å². The monoisotopic (exact) mass is 434 g/mol. The molecule has 1 aromatic carbocycles. The molecule has 9 nitrogen and oxygen atoms in total. The Morgan fingerprint density at radius 2 is 1.90 bits per heavy atom. The second-order valence-electron chi connectivity index (χ2n) is 7.12. The molecule has 0 N–H and O–H groups in total. The Kier molecular flexibility index (Phi) is 4.44.